The van der Waals surface area contributed by atoms with E-state index in [1.807, 2.05) is 68.4 Å². The highest BCUT2D eigenvalue weighted by Crippen LogP contribution is 2.48. The van der Waals surface area contributed by atoms with Crippen molar-refractivity contribution in [2.24, 2.45) is 5.73 Å². The number of rotatable bonds is 34. The normalized spacial score (nSPS) is 12.2. The minimum Gasteiger partial charge on any atom is -0.444 e. The van der Waals surface area contributed by atoms with E-state index in [2.05, 4.69) is 65.0 Å². The number of alkyl carbamates (subject to hydrolysis) is 1. The summed E-state index contributed by atoms with van der Waals surface area (Å²) in [7, 11) is 0. The lowest BCUT2D eigenvalue weighted by Gasteiger charge is -2.36. The standard InChI is InChI=1S/C38H50N2O6S.C14H28N2O4S/c1-5-16-35(42)39-24-26-45-28-27-44-25-15-23-34(41)33(40-36(43)46-37(2,3)4)29-47-38(30-17-9-6-10-18-30,31-19-11-7-12-20-31)32-21-13-8-14-22-32;1-2-4-14(18)16-6-8-20-10-9-19-7-3-5-13(17)12(15)11-21/h6-14,17-22,33H,5,15-16,23-29H2,1-4H3,(H,39,42)(H,40,43);12,21H,2-11,15H2,1H3,(H,16,18)/t33-;12-/m00/s1. The molecule has 3 amide bonds. The molecule has 14 nitrogen and oxygen atoms in total. The maximum Gasteiger partial charge on any atom is 0.408 e. The van der Waals surface area contributed by atoms with Gasteiger partial charge in [-0.2, -0.15) is 12.6 Å². The molecule has 378 valence electrons. The molecule has 0 aromatic heterocycles. The second-order valence-corrected chi connectivity index (χ2v) is 18.5. The maximum absolute atomic E-state index is 13.7. The second kappa shape index (κ2) is 35.8. The molecular formula is C52H78N4O10S2. The Balaban J connectivity index is 0.000000635. The van der Waals surface area contributed by atoms with Gasteiger partial charge in [0.05, 0.1) is 56.5 Å². The van der Waals surface area contributed by atoms with E-state index < -0.39 is 28.5 Å². The lowest BCUT2D eigenvalue weighted by atomic mass is 9.84. The second-order valence-electron chi connectivity index (χ2n) is 16.9. The molecule has 0 unspecified atom stereocenters. The lowest BCUT2D eigenvalue weighted by Crippen LogP contribution is -2.46. The summed E-state index contributed by atoms with van der Waals surface area (Å²) in [5.41, 5.74) is 8.07. The van der Waals surface area contributed by atoms with Crippen LogP contribution in [0.4, 0.5) is 4.79 Å². The minimum absolute atomic E-state index is 0.0210. The highest BCUT2D eigenvalue weighted by atomic mass is 32.2. The number of carbonyl (C=O) groups is 5. The van der Waals surface area contributed by atoms with Gasteiger partial charge in [0.15, 0.2) is 5.78 Å². The van der Waals surface area contributed by atoms with Crippen molar-refractivity contribution < 1.29 is 47.7 Å². The zero-order chi connectivity index (χ0) is 49.9. The van der Waals surface area contributed by atoms with Crippen molar-refractivity contribution in [3.8, 4) is 0 Å². The predicted molar refractivity (Wildman–Crippen MR) is 274 cm³/mol. The molecule has 0 aliphatic heterocycles. The number of ether oxygens (including phenoxy) is 5. The van der Waals surface area contributed by atoms with Gasteiger partial charge in [-0.1, -0.05) is 105 Å². The fourth-order valence-corrected chi connectivity index (χ4v) is 8.40. The van der Waals surface area contributed by atoms with Crippen LogP contribution >= 0.6 is 24.4 Å². The van der Waals surface area contributed by atoms with Crippen molar-refractivity contribution in [3.63, 3.8) is 0 Å². The van der Waals surface area contributed by atoms with Gasteiger partial charge in [0.2, 0.25) is 11.8 Å². The smallest absolute Gasteiger partial charge is 0.408 e. The molecule has 3 rings (SSSR count). The Kier molecular flexibility index (Phi) is 31.5. The zero-order valence-electron chi connectivity index (χ0n) is 41.0. The Labute approximate surface area is 415 Å². The summed E-state index contributed by atoms with van der Waals surface area (Å²) in [5.74, 6) is 0.715. The molecule has 0 spiro atoms. The number of amides is 3. The molecule has 68 heavy (non-hydrogen) atoms. The Bertz CT molecular complexity index is 1740. The molecule has 0 saturated carbocycles. The quantitative estimate of drug-likeness (QED) is 0.0226. The van der Waals surface area contributed by atoms with E-state index in [9.17, 15) is 24.0 Å². The fraction of sp³-hybridized carbons (Fsp3) is 0.558. The number of ketones is 2. The molecule has 0 fully saturated rings. The molecule has 16 heteroatoms. The first-order chi connectivity index (χ1) is 32.8. The van der Waals surface area contributed by atoms with Crippen LogP contribution in [0.1, 0.15) is 103 Å². The van der Waals surface area contributed by atoms with Crippen molar-refractivity contribution in [1.82, 2.24) is 16.0 Å². The van der Waals surface area contributed by atoms with Gasteiger partial charge in [-0.05, 0) is 63.1 Å². The highest BCUT2D eigenvalue weighted by Gasteiger charge is 2.38. The van der Waals surface area contributed by atoms with Crippen LogP contribution in [0.3, 0.4) is 0 Å². The molecule has 3 aromatic carbocycles. The van der Waals surface area contributed by atoms with E-state index in [0.29, 0.717) is 110 Å². The number of carbonyl (C=O) groups excluding carboxylic acids is 5. The van der Waals surface area contributed by atoms with Gasteiger partial charge in [-0.25, -0.2) is 4.79 Å². The van der Waals surface area contributed by atoms with E-state index in [4.69, 9.17) is 29.4 Å². The van der Waals surface area contributed by atoms with E-state index in [1.54, 1.807) is 32.5 Å². The Morgan fingerprint density at radius 3 is 1.37 bits per heavy atom. The number of benzene rings is 3. The number of Topliss-reactive ketones (excluding diaryl/α,β-unsaturated/α-hetero) is 2. The first-order valence-electron chi connectivity index (χ1n) is 23.8. The van der Waals surface area contributed by atoms with Crippen LogP contribution in [0, 0.1) is 0 Å². The van der Waals surface area contributed by atoms with Crippen molar-refractivity contribution in [1.29, 1.82) is 0 Å². The van der Waals surface area contributed by atoms with Gasteiger partial charge in [-0.15, -0.1) is 11.8 Å². The lowest BCUT2D eigenvalue weighted by molar-refractivity contribution is -0.122. The number of nitrogens with one attached hydrogen (secondary N) is 3. The Hall–Kier alpha value is -4.29. The van der Waals surface area contributed by atoms with Crippen molar-refractivity contribution in [2.45, 2.75) is 108 Å². The average Bonchev–Trinajstić information content (AvgIpc) is 3.33. The fourth-order valence-electron chi connectivity index (χ4n) is 6.60. The first kappa shape index (κ1) is 59.8. The van der Waals surface area contributed by atoms with E-state index >= 15 is 0 Å². The number of thiol groups is 1. The monoisotopic (exact) mass is 983 g/mol. The van der Waals surface area contributed by atoms with Gasteiger partial charge in [0.1, 0.15) is 11.4 Å². The molecule has 3 aromatic rings. The molecule has 0 aliphatic rings. The zero-order valence-corrected chi connectivity index (χ0v) is 42.7. The summed E-state index contributed by atoms with van der Waals surface area (Å²) >= 11 is 5.60. The van der Waals surface area contributed by atoms with Gasteiger partial charge < -0.3 is 45.4 Å². The van der Waals surface area contributed by atoms with Crippen LogP contribution < -0.4 is 21.7 Å². The molecule has 0 heterocycles. The van der Waals surface area contributed by atoms with E-state index in [1.165, 1.54) is 0 Å². The van der Waals surface area contributed by atoms with Crippen LogP contribution in [0.2, 0.25) is 0 Å². The molecular weight excluding hydrogens is 905 g/mol. The van der Waals surface area contributed by atoms with Crippen molar-refractivity contribution in [2.75, 3.05) is 77.5 Å². The van der Waals surface area contributed by atoms with Gasteiger partial charge in [0.25, 0.3) is 0 Å². The number of thioether (sulfide) groups is 1. The summed E-state index contributed by atoms with van der Waals surface area (Å²) in [5, 5.41) is 8.45. The average molecular weight is 983 g/mol. The SMILES string of the molecule is CCCC(=O)NCCOCCOCCCC(=O)[C@@H](N)CS.CCCC(=O)NCCOCCOCCCC(=O)[C@H](CSC(c1ccccc1)(c1ccccc1)c1ccccc1)NC(=O)OC(C)(C)C. The molecule has 0 saturated heterocycles. The number of hydrogen-bond acceptors (Lipinski definition) is 13. The largest absolute Gasteiger partial charge is 0.444 e. The highest BCUT2D eigenvalue weighted by molar-refractivity contribution is 8.00. The first-order valence-corrected chi connectivity index (χ1v) is 25.4. The molecule has 0 aliphatic carbocycles. The minimum atomic E-state index is -0.781. The summed E-state index contributed by atoms with van der Waals surface area (Å²) < 4.78 is 26.8. The van der Waals surface area contributed by atoms with Gasteiger partial charge in [-0.3, -0.25) is 19.2 Å². The molecule has 0 radical (unpaired) electrons. The van der Waals surface area contributed by atoms with Crippen LogP contribution in [-0.2, 0) is 47.6 Å². The third-order valence-electron chi connectivity index (χ3n) is 9.96. The van der Waals surface area contributed by atoms with E-state index in [-0.39, 0.29) is 29.8 Å². The van der Waals surface area contributed by atoms with Crippen LogP contribution in [0.15, 0.2) is 91.0 Å². The van der Waals surface area contributed by atoms with Crippen LogP contribution in [0.25, 0.3) is 0 Å². The van der Waals surface area contributed by atoms with Crippen LogP contribution in [-0.4, -0.2) is 125 Å². The van der Waals surface area contributed by atoms with Gasteiger partial charge in [0, 0.05) is 63.5 Å². The third kappa shape index (κ3) is 25.4. The summed E-state index contributed by atoms with van der Waals surface area (Å²) in [6, 6.07) is 29.5. The molecule has 2 atom stereocenters. The van der Waals surface area contributed by atoms with Crippen molar-refractivity contribution in [3.05, 3.63) is 108 Å². The van der Waals surface area contributed by atoms with Crippen LogP contribution in [0.5, 0.6) is 0 Å². The summed E-state index contributed by atoms with van der Waals surface area (Å²) in [6.07, 6.45) is 3.93. The summed E-state index contributed by atoms with van der Waals surface area (Å²) in [4.78, 5) is 60.7. The van der Waals surface area contributed by atoms with E-state index in [0.717, 1.165) is 29.5 Å². The van der Waals surface area contributed by atoms with Crippen molar-refractivity contribution >= 4 is 53.9 Å². The van der Waals surface area contributed by atoms with Gasteiger partial charge >= 0.3 is 6.09 Å². The Morgan fingerprint density at radius 2 is 0.985 bits per heavy atom. The summed E-state index contributed by atoms with van der Waals surface area (Å²) in [6.45, 7) is 13.9. The molecule has 0 bridgehead atoms. The number of hydrogen-bond donors (Lipinski definition) is 5. The Morgan fingerprint density at radius 1 is 0.588 bits per heavy atom. The maximum atomic E-state index is 13.7. The third-order valence-corrected chi connectivity index (χ3v) is 12.0. The predicted octanol–water partition coefficient (Wildman–Crippen LogP) is 7.45. The number of nitrogens with two attached hydrogens (primary N) is 1. The topological polar surface area (TPSA) is 194 Å². The molecule has 5 N–H and O–H groups in total.